The molecule has 0 fully saturated rings. The molecule has 0 aliphatic rings. The van der Waals surface area contributed by atoms with Crippen LogP contribution in [0.15, 0.2) is 54.7 Å². The largest absolute Gasteiger partial charge is 0.493 e. The van der Waals surface area contributed by atoms with E-state index in [4.69, 9.17) is 14.2 Å². The summed E-state index contributed by atoms with van der Waals surface area (Å²) in [5.74, 6) is 2.58. The summed E-state index contributed by atoms with van der Waals surface area (Å²) < 4.78 is 18.0. The Hall–Kier alpha value is -3.81. The fourth-order valence-corrected chi connectivity index (χ4v) is 2.95. The first kappa shape index (κ1) is 17.6. The quantitative estimate of drug-likeness (QED) is 0.550. The van der Waals surface area contributed by atoms with Gasteiger partial charge in [-0.2, -0.15) is 9.50 Å². The number of anilines is 2. The van der Waals surface area contributed by atoms with Crippen molar-refractivity contribution in [3.05, 3.63) is 54.7 Å². The normalized spacial score (nSPS) is 10.7. The van der Waals surface area contributed by atoms with Gasteiger partial charge in [-0.3, -0.25) is 0 Å². The molecule has 2 heterocycles. The van der Waals surface area contributed by atoms with Gasteiger partial charge in [-0.25, -0.2) is 4.98 Å². The smallest absolute Gasteiger partial charge is 0.254 e. The molecule has 0 unspecified atom stereocenters. The first-order chi connectivity index (χ1) is 13.7. The Kier molecular flexibility index (Phi) is 4.67. The molecular formula is C20H19N5O3. The summed E-state index contributed by atoms with van der Waals surface area (Å²) >= 11 is 0. The van der Waals surface area contributed by atoms with Gasteiger partial charge < -0.3 is 19.5 Å². The molecule has 0 saturated carbocycles. The molecule has 0 bridgehead atoms. The average Bonchev–Trinajstić information content (AvgIpc) is 3.15. The Morgan fingerprint density at radius 1 is 0.893 bits per heavy atom. The van der Waals surface area contributed by atoms with Crippen molar-refractivity contribution in [2.75, 3.05) is 26.6 Å². The zero-order valence-electron chi connectivity index (χ0n) is 15.7. The molecule has 0 spiro atoms. The Morgan fingerprint density at radius 3 is 2.25 bits per heavy atom. The Balaban J connectivity index is 1.81. The van der Waals surface area contributed by atoms with Crippen LogP contribution in [0.2, 0.25) is 0 Å². The maximum atomic E-state index is 5.46. The van der Waals surface area contributed by atoms with Crippen LogP contribution in [0, 0.1) is 0 Å². The van der Waals surface area contributed by atoms with Gasteiger partial charge in [0.2, 0.25) is 11.7 Å². The number of benzene rings is 2. The van der Waals surface area contributed by atoms with E-state index in [0.717, 1.165) is 16.9 Å². The number of rotatable bonds is 6. The van der Waals surface area contributed by atoms with E-state index in [1.54, 1.807) is 32.0 Å². The summed E-state index contributed by atoms with van der Waals surface area (Å²) in [6.07, 6.45) is 1.69. The predicted molar refractivity (Wildman–Crippen MR) is 106 cm³/mol. The highest BCUT2D eigenvalue weighted by Crippen LogP contribution is 2.41. The molecule has 0 amide bonds. The number of aromatic nitrogens is 4. The lowest BCUT2D eigenvalue weighted by atomic mass is 10.1. The zero-order chi connectivity index (χ0) is 19.5. The second-order valence-corrected chi connectivity index (χ2v) is 5.88. The lowest BCUT2D eigenvalue weighted by Gasteiger charge is -2.14. The van der Waals surface area contributed by atoms with E-state index >= 15 is 0 Å². The van der Waals surface area contributed by atoms with Gasteiger partial charge in [0.25, 0.3) is 5.78 Å². The molecule has 8 heteroatoms. The van der Waals surface area contributed by atoms with Crippen molar-refractivity contribution in [2.45, 2.75) is 0 Å². The zero-order valence-corrected chi connectivity index (χ0v) is 15.7. The van der Waals surface area contributed by atoms with Crippen LogP contribution in [-0.4, -0.2) is 40.9 Å². The molecule has 4 aromatic rings. The number of fused-ring (bicyclic) bond motifs is 1. The topological polar surface area (TPSA) is 82.8 Å². The molecule has 0 radical (unpaired) electrons. The van der Waals surface area contributed by atoms with Crippen molar-refractivity contribution in [3.8, 4) is 28.5 Å². The van der Waals surface area contributed by atoms with Crippen LogP contribution in [0.25, 0.3) is 17.0 Å². The van der Waals surface area contributed by atoms with E-state index in [-0.39, 0.29) is 0 Å². The number of ether oxygens (including phenoxy) is 3. The predicted octanol–water partition coefficient (Wildman–Crippen LogP) is 3.56. The molecule has 2 aromatic carbocycles. The van der Waals surface area contributed by atoms with Crippen molar-refractivity contribution in [1.29, 1.82) is 0 Å². The molecule has 142 valence electrons. The standard InChI is InChI=1S/C20H19N5O3/c1-26-16-11-13(12-17(27-2)18(16)28-3)15-9-10-21-20-23-19(24-25(15)20)22-14-7-5-4-6-8-14/h4-12H,1-3H3,(H,22,24). The number of para-hydroxylation sites is 1. The number of nitrogens with zero attached hydrogens (tertiary/aromatic N) is 4. The fourth-order valence-electron chi connectivity index (χ4n) is 2.95. The average molecular weight is 377 g/mol. The number of nitrogens with one attached hydrogen (secondary N) is 1. The summed E-state index contributed by atoms with van der Waals surface area (Å²) in [6.45, 7) is 0. The number of hydrogen-bond donors (Lipinski definition) is 1. The van der Waals surface area contributed by atoms with Gasteiger partial charge in [-0.1, -0.05) is 18.2 Å². The maximum absolute atomic E-state index is 5.46. The summed E-state index contributed by atoms with van der Waals surface area (Å²) in [7, 11) is 4.74. The lowest BCUT2D eigenvalue weighted by Crippen LogP contribution is -1.99. The van der Waals surface area contributed by atoms with Crippen LogP contribution >= 0.6 is 0 Å². The third-order valence-corrected chi connectivity index (χ3v) is 4.23. The highest BCUT2D eigenvalue weighted by molar-refractivity contribution is 5.70. The minimum Gasteiger partial charge on any atom is -0.493 e. The van der Waals surface area contributed by atoms with E-state index in [1.165, 1.54) is 0 Å². The van der Waals surface area contributed by atoms with Gasteiger partial charge >= 0.3 is 0 Å². The van der Waals surface area contributed by atoms with Crippen LogP contribution in [-0.2, 0) is 0 Å². The summed E-state index contributed by atoms with van der Waals surface area (Å²) in [6, 6.07) is 15.3. The van der Waals surface area contributed by atoms with E-state index in [9.17, 15) is 0 Å². The summed E-state index contributed by atoms with van der Waals surface area (Å²) in [5.41, 5.74) is 2.52. The maximum Gasteiger partial charge on any atom is 0.254 e. The molecule has 2 aromatic heterocycles. The highest BCUT2D eigenvalue weighted by Gasteiger charge is 2.17. The molecule has 1 N–H and O–H groups in total. The molecule has 0 saturated heterocycles. The van der Waals surface area contributed by atoms with Crippen LogP contribution in [0.3, 0.4) is 0 Å². The molecule has 4 rings (SSSR count). The van der Waals surface area contributed by atoms with E-state index in [0.29, 0.717) is 29.0 Å². The Morgan fingerprint density at radius 2 is 1.61 bits per heavy atom. The monoisotopic (exact) mass is 377 g/mol. The Labute approximate surface area is 161 Å². The van der Waals surface area contributed by atoms with Crippen molar-refractivity contribution in [1.82, 2.24) is 19.6 Å². The SMILES string of the molecule is COc1cc(-c2ccnc3nc(Nc4ccccc4)nn23)cc(OC)c1OC. The Bertz CT molecular complexity index is 1090. The molecule has 0 aliphatic heterocycles. The van der Waals surface area contributed by atoms with E-state index in [1.807, 2.05) is 48.5 Å². The van der Waals surface area contributed by atoms with Gasteiger partial charge in [0.05, 0.1) is 27.0 Å². The molecule has 8 nitrogen and oxygen atoms in total. The van der Waals surface area contributed by atoms with Gasteiger partial charge in [0.1, 0.15) is 0 Å². The molecule has 28 heavy (non-hydrogen) atoms. The van der Waals surface area contributed by atoms with Crippen LogP contribution < -0.4 is 19.5 Å². The van der Waals surface area contributed by atoms with Gasteiger partial charge in [0.15, 0.2) is 11.5 Å². The van der Waals surface area contributed by atoms with Crippen LogP contribution in [0.5, 0.6) is 17.2 Å². The van der Waals surface area contributed by atoms with E-state index < -0.39 is 0 Å². The number of hydrogen-bond acceptors (Lipinski definition) is 7. The van der Waals surface area contributed by atoms with Gasteiger partial charge in [0, 0.05) is 17.4 Å². The first-order valence-corrected chi connectivity index (χ1v) is 8.57. The second-order valence-electron chi connectivity index (χ2n) is 5.88. The summed E-state index contributed by atoms with van der Waals surface area (Å²) in [4.78, 5) is 8.77. The lowest BCUT2D eigenvalue weighted by molar-refractivity contribution is 0.324. The minimum atomic E-state index is 0.457. The molecular weight excluding hydrogens is 358 g/mol. The second kappa shape index (κ2) is 7.43. The number of methoxy groups -OCH3 is 3. The van der Waals surface area contributed by atoms with Gasteiger partial charge in [-0.05, 0) is 30.3 Å². The van der Waals surface area contributed by atoms with E-state index in [2.05, 4.69) is 20.4 Å². The highest BCUT2D eigenvalue weighted by atomic mass is 16.5. The summed E-state index contributed by atoms with van der Waals surface area (Å²) in [5, 5.41) is 7.74. The van der Waals surface area contributed by atoms with Gasteiger partial charge in [-0.15, -0.1) is 5.10 Å². The van der Waals surface area contributed by atoms with Crippen molar-refractivity contribution in [3.63, 3.8) is 0 Å². The fraction of sp³-hybridized carbons (Fsp3) is 0.150. The molecule has 0 atom stereocenters. The van der Waals surface area contributed by atoms with Crippen molar-refractivity contribution < 1.29 is 14.2 Å². The van der Waals surface area contributed by atoms with Crippen molar-refractivity contribution in [2.24, 2.45) is 0 Å². The van der Waals surface area contributed by atoms with Crippen molar-refractivity contribution >= 4 is 17.4 Å². The third kappa shape index (κ3) is 3.16. The van der Waals surface area contributed by atoms with Crippen LogP contribution in [0.4, 0.5) is 11.6 Å². The minimum absolute atomic E-state index is 0.457. The molecule has 0 aliphatic carbocycles. The van der Waals surface area contributed by atoms with Crippen LogP contribution in [0.1, 0.15) is 0 Å². The third-order valence-electron chi connectivity index (χ3n) is 4.23. The first-order valence-electron chi connectivity index (χ1n) is 8.57.